The van der Waals surface area contributed by atoms with Crippen molar-refractivity contribution in [3.63, 3.8) is 0 Å². The number of piperazine rings is 1. The smallest absolute Gasteiger partial charge is 0.241 e. The van der Waals surface area contributed by atoms with Gasteiger partial charge >= 0.3 is 0 Å². The lowest BCUT2D eigenvalue weighted by molar-refractivity contribution is -0.133. The molecule has 2 aromatic rings. The number of hydrogen-bond donors (Lipinski definition) is 2. The molecule has 2 unspecified atom stereocenters. The first-order valence-electron chi connectivity index (χ1n) is 9.59. The molecule has 1 amide bonds. The summed E-state index contributed by atoms with van der Waals surface area (Å²) in [7, 11) is 1.67. The second-order valence-corrected chi connectivity index (χ2v) is 7.57. The van der Waals surface area contributed by atoms with Crippen LogP contribution in [0.15, 0.2) is 48.5 Å². The van der Waals surface area contributed by atoms with Crippen LogP contribution in [0.4, 0.5) is 5.69 Å². The van der Waals surface area contributed by atoms with E-state index < -0.39 is 0 Å². The van der Waals surface area contributed by atoms with Crippen molar-refractivity contribution in [1.29, 1.82) is 0 Å². The Balaban J connectivity index is 1.32. The van der Waals surface area contributed by atoms with Crippen LogP contribution in [0.5, 0.6) is 5.75 Å². The third kappa shape index (κ3) is 3.94. The lowest BCUT2D eigenvalue weighted by Crippen LogP contribution is -2.53. The van der Waals surface area contributed by atoms with E-state index in [0.29, 0.717) is 6.42 Å². The van der Waals surface area contributed by atoms with Crippen molar-refractivity contribution in [2.75, 3.05) is 38.2 Å². The first kappa shape index (κ1) is 19.1. The van der Waals surface area contributed by atoms with E-state index in [9.17, 15) is 4.79 Å². The molecular formula is C21H25ClN4O2. The van der Waals surface area contributed by atoms with E-state index in [4.69, 9.17) is 16.3 Å². The highest BCUT2D eigenvalue weighted by Gasteiger charge is 2.34. The number of carbonyl (C=O) groups is 1. The molecule has 28 heavy (non-hydrogen) atoms. The summed E-state index contributed by atoms with van der Waals surface area (Å²) in [6.07, 6.45) is 0.696. The quantitative estimate of drug-likeness (QED) is 0.826. The zero-order valence-electron chi connectivity index (χ0n) is 15.9. The fourth-order valence-electron chi connectivity index (χ4n) is 3.88. The van der Waals surface area contributed by atoms with Crippen molar-refractivity contribution >= 4 is 23.2 Å². The number of amides is 1. The first-order valence-corrected chi connectivity index (χ1v) is 9.97. The largest absolute Gasteiger partial charge is 0.497 e. The third-order valence-corrected chi connectivity index (χ3v) is 5.86. The fraction of sp³-hybridized carbons (Fsp3) is 0.381. The molecule has 2 aromatic carbocycles. The number of hydrazine groups is 1. The zero-order valence-corrected chi connectivity index (χ0v) is 16.7. The van der Waals surface area contributed by atoms with Gasteiger partial charge in [-0.05, 0) is 42.3 Å². The van der Waals surface area contributed by atoms with E-state index >= 15 is 0 Å². The number of nitrogens with one attached hydrogen (secondary N) is 2. The predicted octanol–water partition coefficient (Wildman–Crippen LogP) is 2.61. The summed E-state index contributed by atoms with van der Waals surface area (Å²) in [5.74, 6) is 1.00. The summed E-state index contributed by atoms with van der Waals surface area (Å²) < 4.78 is 5.22. The first-order chi connectivity index (χ1) is 13.7. The summed E-state index contributed by atoms with van der Waals surface area (Å²) in [6.45, 7) is 3.10. The molecule has 0 radical (unpaired) electrons. The number of carbonyl (C=O) groups excluding carboxylic acids is 1. The lowest BCUT2D eigenvalue weighted by atomic mass is 10.0. The molecule has 4 rings (SSSR count). The van der Waals surface area contributed by atoms with Crippen LogP contribution in [0.2, 0.25) is 5.02 Å². The van der Waals surface area contributed by atoms with Crippen molar-refractivity contribution in [3.8, 4) is 5.75 Å². The van der Waals surface area contributed by atoms with Gasteiger partial charge in [0.15, 0.2) is 0 Å². The molecule has 148 valence electrons. The van der Waals surface area contributed by atoms with Crippen molar-refractivity contribution in [1.82, 2.24) is 15.8 Å². The number of halogens is 1. The average molecular weight is 401 g/mol. The number of nitrogens with zero attached hydrogens (tertiary/aromatic N) is 2. The molecule has 2 saturated heterocycles. The number of rotatable bonds is 4. The Hall–Kier alpha value is -2.28. The van der Waals surface area contributed by atoms with E-state index in [-0.39, 0.29) is 18.0 Å². The van der Waals surface area contributed by atoms with Gasteiger partial charge in [-0.25, -0.2) is 10.9 Å². The molecule has 2 N–H and O–H groups in total. The van der Waals surface area contributed by atoms with E-state index in [1.807, 2.05) is 41.3 Å². The molecule has 2 aliphatic heterocycles. The number of methoxy groups -OCH3 is 1. The molecule has 2 atom stereocenters. The molecule has 0 spiro atoms. The van der Waals surface area contributed by atoms with Crippen molar-refractivity contribution in [3.05, 3.63) is 59.1 Å². The monoisotopic (exact) mass is 400 g/mol. The van der Waals surface area contributed by atoms with Crippen molar-refractivity contribution in [2.45, 2.75) is 18.5 Å². The van der Waals surface area contributed by atoms with Crippen LogP contribution >= 0.6 is 11.6 Å². The SMILES string of the molecule is COc1ccc(N2CCN(C(=O)C3CC(c4ccccc4Cl)NN3)CC2)cc1. The minimum absolute atomic E-state index is 0.0447. The Morgan fingerprint density at radius 2 is 1.75 bits per heavy atom. The van der Waals surface area contributed by atoms with Crippen LogP contribution < -0.4 is 20.5 Å². The maximum absolute atomic E-state index is 12.9. The van der Waals surface area contributed by atoms with Crippen LogP contribution in [0.25, 0.3) is 0 Å². The molecule has 2 aliphatic rings. The van der Waals surface area contributed by atoms with Gasteiger partial charge in [-0.2, -0.15) is 0 Å². The molecule has 2 fully saturated rings. The van der Waals surface area contributed by atoms with Crippen molar-refractivity contribution in [2.24, 2.45) is 0 Å². The maximum Gasteiger partial charge on any atom is 0.241 e. The summed E-state index contributed by atoms with van der Waals surface area (Å²) in [5.41, 5.74) is 8.57. The number of anilines is 1. The van der Waals surface area contributed by atoms with Gasteiger partial charge in [0.2, 0.25) is 5.91 Å². The standard InChI is InChI=1S/C21H25ClN4O2/c1-28-16-8-6-15(7-9-16)25-10-12-26(13-11-25)21(27)20-14-19(23-24-20)17-4-2-3-5-18(17)22/h2-9,19-20,23-24H,10-14H2,1H3. The lowest BCUT2D eigenvalue weighted by Gasteiger charge is -2.37. The molecule has 2 heterocycles. The summed E-state index contributed by atoms with van der Waals surface area (Å²) in [6, 6.07) is 15.6. The molecule has 0 bridgehead atoms. The topological polar surface area (TPSA) is 56.8 Å². The Bertz CT molecular complexity index is 821. The Morgan fingerprint density at radius 3 is 2.43 bits per heavy atom. The molecule has 0 aromatic heterocycles. The molecule has 7 heteroatoms. The normalized spacial score (nSPS) is 22.4. The summed E-state index contributed by atoms with van der Waals surface area (Å²) in [4.78, 5) is 17.2. The Kier molecular flexibility index (Phi) is 5.71. The Morgan fingerprint density at radius 1 is 1.04 bits per heavy atom. The minimum Gasteiger partial charge on any atom is -0.497 e. The van der Waals surface area contributed by atoms with E-state index in [0.717, 1.165) is 48.2 Å². The van der Waals surface area contributed by atoms with Gasteiger partial charge in [-0.3, -0.25) is 4.79 Å². The fourth-order valence-corrected chi connectivity index (χ4v) is 4.15. The van der Waals surface area contributed by atoms with E-state index in [1.54, 1.807) is 7.11 Å². The van der Waals surface area contributed by atoms with Gasteiger partial charge in [0.05, 0.1) is 7.11 Å². The number of benzene rings is 2. The van der Waals surface area contributed by atoms with Crippen LogP contribution in [-0.4, -0.2) is 50.1 Å². The molecule has 0 aliphatic carbocycles. The maximum atomic E-state index is 12.9. The van der Waals surface area contributed by atoms with Crippen LogP contribution in [0, 0.1) is 0 Å². The summed E-state index contributed by atoms with van der Waals surface area (Å²) in [5, 5.41) is 0.725. The van der Waals surface area contributed by atoms with Gasteiger partial charge in [0, 0.05) is 42.9 Å². The second-order valence-electron chi connectivity index (χ2n) is 7.16. The predicted molar refractivity (Wildman–Crippen MR) is 111 cm³/mol. The van der Waals surface area contributed by atoms with Gasteiger partial charge in [-0.15, -0.1) is 0 Å². The third-order valence-electron chi connectivity index (χ3n) is 5.51. The van der Waals surface area contributed by atoms with Gasteiger partial charge in [0.25, 0.3) is 0 Å². The Labute approximate surface area is 170 Å². The highest BCUT2D eigenvalue weighted by Crippen LogP contribution is 2.29. The van der Waals surface area contributed by atoms with Crippen molar-refractivity contribution < 1.29 is 9.53 Å². The zero-order chi connectivity index (χ0) is 19.5. The second kappa shape index (κ2) is 8.39. The van der Waals surface area contributed by atoms with Gasteiger partial charge < -0.3 is 14.5 Å². The molecular weight excluding hydrogens is 376 g/mol. The van der Waals surface area contributed by atoms with Gasteiger partial charge in [0.1, 0.15) is 11.8 Å². The molecule has 0 saturated carbocycles. The van der Waals surface area contributed by atoms with Crippen LogP contribution in [-0.2, 0) is 4.79 Å². The molecule has 6 nitrogen and oxygen atoms in total. The average Bonchev–Trinajstić information content (AvgIpc) is 3.24. The highest BCUT2D eigenvalue weighted by molar-refractivity contribution is 6.31. The summed E-state index contributed by atoms with van der Waals surface area (Å²) >= 11 is 6.30. The van der Waals surface area contributed by atoms with Crippen LogP contribution in [0.3, 0.4) is 0 Å². The van der Waals surface area contributed by atoms with Crippen LogP contribution in [0.1, 0.15) is 18.0 Å². The minimum atomic E-state index is -0.228. The van der Waals surface area contributed by atoms with E-state index in [1.165, 1.54) is 0 Å². The highest BCUT2D eigenvalue weighted by atomic mass is 35.5. The van der Waals surface area contributed by atoms with E-state index in [2.05, 4.69) is 27.9 Å². The number of ether oxygens (including phenoxy) is 1. The number of hydrogen-bond acceptors (Lipinski definition) is 5. The van der Waals surface area contributed by atoms with Gasteiger partial charge in [-0.1, -0.05) is 29.8 Å².